The molecule has 4 nitrogen and oxygen atoms in total. The Morgan fingerprint density at radius 3 is 2.34 bits per heavy atom. The van der Waals surface area contributed by atoms with Crippen LogP contribution < -0.4 is 4.74 Å². The van der Waals surface area contributed by atoms with Gasteiger partial charge in [0.05, 0.1) is 0 Å². The van der Waals surface area contributed by atoms with Crippen molar-refractivity contribution in [2.24, 2.45) is 0 Å². The van der Waals surface area contributed by atoms with Crippen molar-refractivity contribution in [3.8, 4) is 16.9 Å². The highest BCUT2D eigenvalue weighted by Gasteiger charge is 2.16. The van der Waals surface area contributed by atoms with Gasteiger partial charge in [-0.2, -0.15) is 5.10 Å². The number of hydrogen-bond acceptors (Lipinski definition) is 3. The van der Waals surface area contributed by atoms with Gasteiger partial charge in [0.1, 0.15) is 23.4 Å². The average molecular weight is 386 g/mol. The van der Waals surface area contributed by atoms with E-state index in [1.54, 1.807) is 48.7 Å². The third-order valence-electron chi connectivity index (χ3n) is 4.59. The van der Waals surface area contributed by atoms with Crippen molar-refractivity contribution in [2.75, 3.05) is 0 Å². The van der Waals surface area contributed by atoms with E-state index in [2.05, 4.69) is 5.10 Å². The van der Waals surface area contributed by atoms with Crippen LogP contribution in [0.4, 0.5) is 4.39 Å². The molecule has 1 heterocycles. The van der Waals surface area contributed by atoms with Crippen LogP contribution in [-0.4, -0.2) is 15.7 Å². The van der Waals surface area contributed by atoms with E-state index >= 15 is 0 Å². The highest BCUT2D eigenvalue weighted by atomic mass is 19.1. The standard InChI is InChI=1S/C24H19FN2O2/c1-17(23-14-15-27(26-23)24(28)19-10-6-3-7-11-19)29-20-12-13-21(22(25)16-20)18-8-4-2-5-9-18/h2-17H,1H3/t17-/m0/s1. The molecular weight excluding hydrogens is 367 g/mol. The lowest BCUT2D eigenvalue weighted by Crippen LogP contribution is -2.14. The second-order valence-corrected chi connectivity index (χ2v) is 6.62. The number of nitrogens with zero attached hydrogens (tertiary/aromatic N) is 2. The minimum atomic E-state index is -0.443. The first-order valence-electron chi connectivity index (χ1n) is 9.29. The Balaban J connectivity index is 1.49. The van der Waals surface area contributed by atoms with Crippen molar-refractivity contribution in [1.82, 2.24) is 9.78 Å². The van der Waals surface area contributed by atoms with E-state index in [0.717, 1.165) is 5.56 Å². The maximum Gasteiger partial charge on any atom is 0.278 e. The van der Waals surface area contributed by atoms with Crippen molar-refractivity contribution in [3.63, 3.8) is 0 Å². The van der Waals surface area contributed by atoms with Gasteiger partial charge in [-0.1, -0.05) is 48.5 Å². The molecule has 0 bridgehead atoms. The molecular formula is C24H19FN2O2. The Bertz CT molecular complexity index is 1120. The van der Waals surface area contributed by atoms with Crippen LogP contribution in [0.25, 0.3) is 11.1 Å². The Hall–Kier alpha value is -3.73. The summed E-state index contributed by atoms with van der Waals surface area (Å²) in [6, 6.07) is 24.8. The lowest BCUT2D eigenvalue weighted by molar-refractivity contribution is 0.0943. The van der Waals surface area contributed by atoms with Gasteiger partial charge in [0, 0.05) is 23.4 Å². The fourth-order valence-electron chi connectivity index (χ4n) is 3.07. The van der Waals surface area contributed by atoms with Crippen LogP contribution in [0.2, 0.25) is 0 Å². The van der Waals surface area contributed by atoms with Crippen molar-refractivity contribution < 1.29 is 13.9 Å². The van der Waals surface area contributed by atoms with Gasteiger partial charge in [-0.25, -0.2) is 9.07 Å². The number of halogens is 1. The van der Waals surface area contributed by atoms with Gasteiger partial charge in [-0.05, 0) is 42.8 Å². The summed E-state index contributed by atoms with van der Waals surface area (Å²) in [5.41, 5.74) is 2.46. The van der Waals surface area contributed by atoms with E-state index in [9.17, 15) is 9.18 Å². The number of carbonyl (C=O) groups excluding carboxylic acids is 1. The molecule has 0 aliphatic rings. The summed E-state index contributed by atoms with van der Waals surface area (Å²) in [4.78, 5) is 12.5. The number of rotatable bonds is 5. The number of hydrogen-bond donors (Lipinski definition) is 0. The first-order chi connectivity index (χ1) is 14.1. The first-order valence-corrected chi connectivity index (χ1v) is 9.29. The fraction of sp³-hybridized carbons (Fsp3) is 0.0833. The Morgan fingerprint density at radius 2 is 1.66 bits per heavy atom. The molecule has 29 heavy (non-hydrogen) atoms. The molecule has 0 unspecified atom stereocenters. The Morgan fingerprint density at radius 1 is 0.966 bits per heavy atom. The SMILES string of the molecule is C[C@H](Oc1ccc(-c2ccccc2)c(F)c1)c1ccn(C(=O)c2ccccc2)n1. The molecule has 4 rings (SSSR count). The summed E-state index contributed by atoms with van der Waals surface area (Å²) < 4.78 is 21.7. The van der Waals surface area contributed by atoms with Gasteiger partial charge in [0.2, 0.25) is 0 Å². The highest BCUT2D eigenvalue weighted by molar-refractivity contribution is 5.95. The Kier molecular flexibility index (Phi) is 5.20. The van der Waals surface area contributed by atoms with Crippen LogP contribution in [0.3, 0.4) is 0 Å². The van der Waals surface area contributed by atoms with Crippen molar-refractivity contribution in [1.29, 1.82) is 0 Å². The molecule has 0 N–H and O–H groups in total. The van der Waals surface area contributed by atoms with Crippen molar-refractivity contribution in [3.05, 3.63) is 108 Å². The average Bonchev–Trinajstić information content (AvgIpc) is 3.25. The third kappa shape index (κ3) is 4.09. The van der Waals surface area contributed by atoms with Gasteiger partial charge in [-0.3, -0.25) is 4.79 Å². The number of aromatic nitrogens is 2. The second-order valence-electron chi connectivity index (χ2n) is 6.62. The predicted octanol–water partition coefficient (Wildman–Crippen LogP) is 5.52. The Labute approximate surface area is 168 Å². The van der Waals surface area contributed by atoms with Crippen molar-refractivity contribution in [2.45, 2.75) is 13.0 Å². The smallest absolute Gasteiger partial charge is 0.278 e. The monoisotopic (exact) mass is 386 g/mol. The lowest BCUT2D eigenvalue weighted by Gasteiger charge is -2.13. The normalized spacial score (nSPS) is 11.8. The molecule has 0 saturated carbocycles. The minimum absolute atomic E-state index is 0.220. The minimum Gasteiger partial charge on any atom is -0.484 e. The predicted molar refractivity (Wildman–Crippen MR) is 109 cm³/mol. The molecule has 0 amide bonds. The summed E-state index contributed by atoms with van der Waals surface area (Å²) in [5.74, 6) is -0.174. The molecule has 1 atom stereocenters. The van der Waals surface area contributed by atoms with Crippen LogP contribution in [0.1, 0.15) is 29.1 Å². The molecule has 1 aromatic heterocycles. The molecule has 144 valence electrons. The summed E-state index contributed by atoms with van der Waals surface area (Å²) in [6.45, 7) is 1.81. The summed E-state index contributed by atoms with van der Waals surface area (Å²) in [7, 11) is 0. The van der Waals surface area contributed by atoms with E-state index in [-0.39, 0.29) is 11.7 Å². The van der Waals surface area contributed by atoms with Crippen molar-refractivity contribution >= 4 is 5.91 Å². The van der Waals surface area contributed by atoms with Gasteiger partial charge in [-0.15, -0.1) is 0 Å². The van der Waals surface area contributed by atoms with Crippen LogP contribution in [-0.2, 0) is 0 Å². The van der Waals surface area contributed by atoms with E-state index in [1.165, 1.54) is 10.7 Å². The molecule has 0 radical (unpaired) electrons. The van der Waals surface area contributed by atoms with Gasteiger partial charge >= 0.3 is 0 Å². The lowest BCUT2D eigenvalue weighted by atomic mass is 10.1. The van der Waals surface area contributed by atoms with E-state index in [4.69, 9.17) is 4.74 Å². The van der Waals surface area contributed by atoms with Crippen LogP contribution in [0, 0.1) is 5.82 Å². The number of ether oxygens (including phenoxy) is 1. The molecule has 0 saturated heterocycles. The van der Waals surface area contributed by atoms with Crippen LogP contribution >= 0.6 is 0 Å². The zero-order valence-corrected chi connectivity index (χ0v) is 15.8. The zero-order valence-electron chi connectivity index (χ0n) is 15.8. The van der Waals surface area contributed by atoms with Gasteiger partial charge in [0.15, 0.2) is 0 Å². The van der Waals surface area contributed by atoms with Gasteiger partial charge in [0.25, 0.3) is 5.91 Å². The maximum atomic E-state index is 14.5. The summed E-state index contributed by atoms with van der Waals surface area (Å²) >= 11 is 0. The molecule has 4 aromatic rings. The first kappa shape index (κ1) is 18.6. The molecule has 0 aliphatic carbocycles. The topological polar surface area (TPSA) is 44.1 Å². The zero-order chi connectivity index (χ0) is 20.2. The molecule has 3 aromatic carbocycles. The van der Waals surface area contributed by atoms with Crippen LogP contribution in [0.5, 0.6) is 5.75 Å². The summed E-state index contributed by atoms with van der Waals surface area (Å²) in [5, 5.41) is 4.32. The van der Waals surface area contributed by atoms with Gasteiger partial charge < -0.3 is 4.74 Å². The molecule has 0 spiro atoms. The fourth-order valence-corrected chi connectivity index (χ4v) is 3.07. The third-order valence-corrected chi connectivity index (χ3v) is 4.59. The second kappa shape index (κ2) is 8.10. The molecule has 5 heteroatoms. The quantitative estimate of drug-likeness (QED) is 0.454. The molecule has 0 fully saturated rings. The molecule has 0 aliphatic heterocycles. The summed E-state index contributed by atoms with van der Waals surface area (Å²) in [6.07, 6.45) is 1.16. The maximum absolute atomic E-state index is 14.5. The van der Waals surface area contributed by atoms with E-state index < -0.39 is 6.10 Å². The largest absolute Gasteiger partial charge is 0.484 e. The van der Waals surface area contributed by atoms with E-state index in [1.807, 2.05) is 43.3 Å². The van der Waals surface area contributed by atoms with Crippen LogP contribution in [0.15, 0.2) is 91.1 Å². The number of carbonyl (C=O) groups is 1. The van der Waals surface area contributed by atoms with E-state index in [0.29, 0.717) is 22.6 Å². The highest BCUT2D eigenvalue weighted by Crippen LogP contribution is 2.28. The number of benzene rings is 3.